The Morgan fingerprint density at radius 3 is 2.37 bits per heavy atom. The Balaban J connectivity index is 1.90. The SMILES string of the molecule is O=[N+]([O-])c1ccc2nc(-c3cccc(C(F)(F)F)c3)nc(Nc3ccccc3)c2c1. The molecule has 6 nitrogen and oxygen atoms in total. The normalized spacial score (nSPS) is 11.4. The van der Waals surface area contributed by atoms with E-state index in [0.29, 0.717) is 16.6 Å². The Kier molecular flexibility index (Phi) is 4.78. The van der Waals surface area contributed by atoms with E-state index < -0.39 is 16.7 Å². The van der Waals surface area contributed by atoms with Gasteiger partial charge in [0.1, 0.15) is 5.82 Å². The van der Waals surface area contributed by atoms with Gasteiger partial charge in [-0.05, 0) is 30.3 Å². The second-order valence-corrected chi connectivity index (χ2v) is 6.42. The zero-order valence-electron chi connectivity index (χ0n) is 15.2. The van der Waals surface area contributed by atoms with Crippen LogP contribution in [0, 0.1) is 10.1 Å². The zero-order chi connectivity index (χ0) is 21.3. The van der Waals surface area contributed by atoms with Crippen LogP contribution in [0.25, 0.3) is 22.3 Å². The number of para-hydroxylation sites is 1. The van der Waals surface area contributed by atoms with Crippen molar-refractivity contribution in [3.8, 4) is 11.4 Å². The van der Waals surface area contributed by atoms with Crippen molar-refractivity contribution in [2.75, 3.05) is 5.32 Å². The highest BCUT2D eigenvalue weighted by Gasteiger charge is 2.30. The Hall–Kier alpha value is -4.01. The molecule has 4 rings (SSSR count). The summed E-state index contributed by atoms with van der Waals surface area (Å²) < 4.78 is 39.3. The minimum Gasteiger partial charge on any atom is -0.340 e. The topological polar surface area (TPSA) is 81.0 Å². The van der Waals surface area contributed by atoms with Crippen LogP contribution in [0.5, 0.6) is 0 Å². The van der Waals surface area contributed by atoms with Gasteiger partial charge >= 0.3 is 6.18 Å². The number of aromatic nitrogens is 2. The maximum absolute atomic E-state index is 13.1. The maximum atomic E-state index is 13.1. The minimum absolute atomic E-state index is 0.0703. The third kappa shape index (κ3) is 3.90. The maximum Gasteiger partial charge on any atom is 0.416 e. The fraction of sp³-hybridized carbons (Fsp3) is 0.0476. The van der Waals surface area contributed by atoms with Gasteiger partial charge in [-0.3, -0.25) is 10.1 Å². The first kappa shape index (κ1) is 19.3. The van der Waals surface area contributed by atoms with Crippen LogP contribution in [0.3, 0.4) is 0 Å². The minimum atomic E-state index is -4.50. The average molecular weight is 410 g/mol. The van der Waals surface area contributed by atoms with Crippen LogP contribution < -0.4 is 5.32 Å². The highest BCUT2D eigenvalue weighted by Crippen LogP contribution is 2.33. The number of alkyl halides is 3. The molecule has 4 aromatic rings. The first-order valence-electron chi connectivity index (χ1n) is 8.77. The molecule has 9 heteroatoms. The van der Waals surface area contributed by atoms with Gasteiger partial charge < -0.3 is 5.32 Å². The number of nitro benzene ring substituents is 1. The van der Waals surface area contributed by atoms with Crippen LogP contribution >= 0.6 is 0 Å². The van der Waals surface area contributed by atoms with E-state index >= 15 is 0 Å². The monoisotopic (exact) mass is 410 g/mol. The summed E-state index contributed by atoms with van der Waals surface area (Å²) in [7, 11) is 0. The standard InChI is InChI=1S/C21H13F3N4O2/c22-21(23,24)14-6-4-5-13(11-14)19-26-18-10-9-16(28(29)30)12-17(18)20(27-19)25-15-7-2-1-3-8-15/h1-12H,(H,25,26,27). The quantitative estimate of drug-likeness (QED) is 0.331. The molecule has 0 aliphatic heterocycles. The first-order valence-corrected chi connectivity index (χ1v) is 8.77. The zero-order valence-corrected chi connectivity index (χ0v) is 15.2. The lowest BCUT2D eigenvalue weighted by Crippen LogP contribution is -2.05. The van der Waals surface area contributed by atoms with Crippen LogP contribution in [0.2, 0.25) is 0 Å². The van der Waals surface area contributed by atoms with E-state index in [1.807, 2.05) is 6.07 Å². The van der Waals surface area contributed by atoms with Gasteiger partial charge in [0, 0.05) is 28.8 Å². The van der Waals surface area contributed by atoms with Crippen LogP contribution in [0.4, 0.5) is 30.4 Å². The fourth-order valence-electron chi connectivity index (χ4n) is 2.95. The van der Waals surface area contributed by atoms with E-state index in [2.05, 4.69) is 15.3 Å². The summed E-state index contributed by atoms with van der Waals surface area (Å²) >= 11 is 0. The number of anilines is 2. The molecule has 0 amide bonds. The van der Waals surface area contributed by atoms with Gasteiger partial charge in [-0.1, -0.05) is 30.3 Å². The third-order valence-corrected chi connectivity index (χ3v) is 4.37. The number of benzene rings is 3. The molecule has 1 aromatic heterocycles. The largest absolute Gasteiger partial charge is 0.416 e. The molecule has 0 bridgehead atoms. The molecule has 30 heavy (non-hydrogen) atoms. The highest BCUT2D eigenvalue weighted by molar-refractivity contribution is 5.93. The number of non-ortho nitro benzene ring substituents is 1. The lowest BCUT2D eigenvalue weighted by Gasteiger charge is -2.12. The Bertz CT molecular complexity index is 1240. The number of hydrogen-bond acceptors (Lipinski definition) is 5. The number of hydrogen-bond donors (Lipinski definition) is 1. The average Bonchev–Trinajstić information content (AvgIpc) is 2.73. The highest BCUT2D eigenvalue weighted by atomic mass is 19.4. The molecule has 0 aliphatic rings. The van der Waals surface area contributed by atoms with Crippen molar-refractivity contribution in [1.82, 2.24) is 9.97 Å². The molecule has 3 aromatic carbocycles. The lowest BCUT2D eigenvalue weighted by molar-refractivity contribution is -0.384. The van der Waals surface area contributed by atoms with Crippen molar-refractivity contribution < 1.29 is 18.1 Å². The molecular weight excluding hydrogens is 397 g/mol. The number of nitro groups is 1. The molecule has 1 N–H and O–H groups in total. The van der Waals surface area contributed by atoms with Crippen molar-refractivity contribution in [2.24, 2.45) is 0 Å². The van der Waals surface area contributed by atoms with Crippen molar-refractivity contribution in [1.29, 1.82) is 0 Å². The van der Waals surface area contributed by atoms with E-state index in [-0.39, 0.29) is 22.9 Å². The van der Waals surface area contributed by atoms with E-state index in [0.717, 1.165) is 12.1 Å². The van der Waals surface area contributed by atoms with Crippen molar-refractivity contribution >= 4 is 28.1 Å². The summed E-state index contributed by atoms with van der Waals surface area (Å²) in [5, 5.41) is 14.6. The predicted molar refractivity (Wildman–Crippen MR) is 106 cm³/mol. The second kappa shape index (κ2) is 7.43. The first-order chi connectivity index (χ1) is 14.3. The molecule has 0 aliphatic carbocycles. The van der Waals surface area contributed by atoms with E-state index in [1.165, 1.54) is 30.3 Å². The summed E-state index contributed by atoms with van der Waals surface area (Å²) in [6, 6.07) is 17.7. The molecule has 0 fully saturated rings. The van der Waals surface area contributed by atoms with Crippen LogP contribution in [-0.4, -0.2) is 14.9 Å². The van der Waals surface area contributed by atoms with E-state index in [1.54, 1.807) is 24.3 Å². The summed E-state index contributed by atoms with van der Waals surface area (Å²) in [5.41, 5.74) is 0.251. The van der Waals surface area contributed by atoms with Crippen molar-refractivity contribution in [2.45, 2.75) is 6.18 Å². The molecule has 0 spiro atoms. The molecule has 0 atom stereocenters. The fourth-order valence-corrected chi connectivity index (χ4v) is 2.95. The van der Waals surface area contributed by atoms with Gasteiger partial charge in [-0.15, -0.1) is 0 Å². The Labute approximate surface area is 168 Å². The third-order valence-electron chi connectivity index (χ3n) is 4.37. The van der Waals surface area contributed by atoms with Gasteiger partial charge in [-0.25, -0.2) is 9.97 Å². The number of nitrogens with one attached hydrogen (secondary N) is 1. The van der Waals surface area contributed by atoms with Crippen molar-refractivity contribution in [3.63, 3.8) is 0 Å². The molecular formula is C21H13F3N4O2. The number of halogens is 3. The molecule has 0 saturated heterocycles. The van der Waals surface area contributed by atoms with Gasteiger partial charge in [0.15, 0.2) is 5.82 Å². The van der Waals surface area contributed by atoms with Gasteiger partial charge in [0.25, 0.3) is 5.69 Å². The van der Waals surface area contributed by atoms with E-state index in [9.17, 15) is 23.3 Å². The number of nitrogens with zero attached hydrogens (tertiary/aromatic N) is 3. The Morgan fingerprint density at radius 2 is 1.67 bits per heavy atom. The predicted octanol–water partition coefficient (Wildman–Crippen LogP) is 5.97. The van der Waals surface area contributed by atoms with Crippen LogP contribution in [-0.2, 0) is 6.18 Å². The van der Waals surface area contributed by atoms with Gasteiger partial charge in [0.2, 0.25) is 0 Å². The summed E-state index contributed by atoms with van der Waals surface area (Å²) in [6.07, 6.45) is -4.50. The number of fused-ring (bicyclic) bond motifs is 1. The second-order valence-electron chi connectivity index (χ2n) is 6.42. The summed E-state index contributed by atoms with van der Waals surface area (Å²) in [4.78, 5) is 19.3. The summed E-state index contributed by atoms with van der Waals surface area (Å²) in [5.74, 6) is 0.322. The molecule has 0 unspecified atom stereocenters. The molecule has 150 valence electrons. The molecule has 0 saturated carbocycles. The van der Waals surface area contributed by atoms with Crippen LogP contribution in [0.15, 0.2) is 72.8 Å². The van der Waals surface area contributed by atoms with Gasteiger partial charge in [-0.2, -0.15) is 13.2 Å². The lowest BCUT2D eigenvalue weighted by atomic mass is 10.1. The smallest absolute Gasteiger partial charge is 0.340 e. The van der Waals surface area contributed by atoms with E-state index in [4.69, 9.17) is 0 Å². The van der Waals surface area contributed by atoms with Gasteiger partial charge in [0.05, 0.1) is 16.0 Å². The van der Waals surface area contributed by atoms with Crippen LogP contribution in [0.1, 0.15) is 5.56 Å². The summed E-state index contributed by atoms with van der Waals surface area (Å²) in [6.45, 7) is 0. The Morgan fingerprint density at radius 1 is 0.900 bits per heavy atom. The molecule has 1 heterocycles. The van der Waals surface area contributed by atoms with Crippen molar-refractivity contribution in [3.05, 3.63) is 88.5 Å². The number of rotatable bonds is 4. The molecule has 0 radical (unpaired) electrons.